The zero-order valence-corrected chi connectivity index (χ0v) is 17.2. The third-order valence-electron chi connectivity index (χ3n) is 4.39. The summed E-state index contributed by atoms with van der Waals surface area (Å²) in [5.41, 5.74) is 0. The summed E-state index contributed by atoms with van der Waals surface area (Å²) in [5, 5.41) is 0. The fourth-order valence-corrected chi connectivity index (χ4v) is 6.58. The van der Waals surface area contributed by atoms with Gasteiger partial charge in [-0.25, -0.2) is 0 Å². The van der Waals surface area contributed by atoms with Gasteiger partial charge in [0.2, 0.25) is 0 Å². The lowest BCUT2D eigenvalue weighted by Crippen LogP contribution is -2.57. The molecule has 8 nitrogen and oxygen atoms in total. The van der Waals surface area contributed by atoms with E-state index in [1.54, 1.807) is 21.3 Å². The molecule has 0 aromatic heterocycles. The third-order valence-corrected chi connectivity index (χ3v) is 9.44. The lowest BCUT2D eigenvalue weighted by molar-refractivity contribution is -0.0629. The van der Waals surface area contributed by atoms with Gasteiger partial charge in [-0.05, 0) is 6.42 Å². The number of rotatable bonds is 9. The summed E-state index contributed by atoms with van der Waals surface area (Å²) in [4.78, 5) is 2.31. The molecule has 3 fully saturated rings. The van der Waals surface area contributed by atoms with Crippen molar-refractivity contribution in [3.05, 3.63) is 0 Å². The van der Waals surface area contributed by atoms with Gasteiger partial charge in [0.05, 0.1) is 25.9 Å². The molecule has 0 spiro atoms. The van der Waals surface area contributed by atoms with E-state index in [1.165, 1.54) is 0 Å². The first-order valence-electron chi connectivity index (χ1n) is 8.46. The van der Waals surface area contributed by atoms with Crippen molar-refractivity contribution in [2.45, 2.75) is 25.1 Å². The summed E-state index contributed by atoms with van der Waals surface area (Å²) >= 11 is 0. The van der Waals surface area contributed by atoms with Crippen molar-refractivity contribution in [1.29, 1.82) is 0 Å². The number of nitrogens with zero attached hydrogens (tertiary/aromatic N) is 1. The number of hydrogen-bond acceptors (Lipinski definition) is 8. The average molecular weight is 382 g/mol. The SMILES string of the molecule is CO[Si](CCCOCC1CN2CCO[Si](C)(OCC2)O1)(OC)OC. The highest BCUT2D eigenvalue weighted by Crippen LogP contribution is 2.20. The predicted octanol–water partition coefficient (Wildman–Crippen LogP) is 0.588. The fraction of sp³-hybridized carbons (Fsp3) is 1.00. The molecule has 142 valence electrons. The second-order valence-electron chi connectivity index (χ2n) is 6.07. The molecule has 3 heterocycles. The van der Waals surface area contributed by atoms with Crippen LogP contribution in [-0.4, -0.2) is 96.0 Å². The van der Waals surface area contributed by atoms with E-state index in [1.807, 2.05) is 6.55 Å². The van der Waals surface area contributed by atoms with Crippen LogP contribution in [0.1, 0.15) is 6.42 Å². The minimum absolute atomic E-state index is 0.0171. The van der Waals surface area contributed by atoms with Gasteiger partial charge in [-0.3, -0.25) is 4.90 Å². The molecule has 3 saturated heterocycles. The van der Waals surface area contributed by atoms with Gasteiger partial charge in [0.25, 0.3) is 0 Å². The first-order valence-corrected chi connectivity index (χ1v) is 12.6. The van der Waals surface area contributed by atoms with Crippen molar-refractivity contribution < 1.29 is 31.3 Å². The number of ether oxygens (including phenoxy) is 1. The van der Waals surface area contributed by atoms with Crippen LogP contribution in [0, 0.1) is 0 Å². The van der Waals surface area contributed by atoms with Crippen LogP contribution in [0.25, 0.3) is 0 Å². The number of hydrogen-bond donors (Lipinski definition) is 0. The van der Waals surface area contributed by atoms with E-state index >= 15 is 0 Å². The van der Waals surface area contributed by atoms with Crippen LogP contribution in [0.3, 0.4) is 0 Å². The standard InChI is InChI=1S/C14H31NO7Si2/c1-16-24(17-2,18-3)11-5-8-19-13-14-12-15-6-9-20-23(4,22-14)21-10-7-15/h14H,5-13H2,1-4H3. The van der Waals surface area contributed by atoms with Crippen LogP contribution in [0.5, 0.6) is 0 Å². The minimum atomic E-state index is -2.52. The van der Waals surface area contributed by atoms with Gasteiger partial charge in [-0.1, -0.05) is 0 Å². The molecule has 0 amide bonds. The summed E-state index contributed by atoms with van der Waals surface area (Å²) in [6.45, 7) is 7.18. The minimum Gasteiger partial charge on any atom is -0.379 e. The number of fused-ring (bicyclic) bond motifs is 6. The van der Waals surface area contributed by atoms with Gasteiger partial charge in [-0.2, -0.15) is 0 Å². The molecule has 3 aliphatic heterocycles. The molecule has 24 heavy (non-hydrogen) atoms. The second kappa shape index (κ2) is 9.71. The Bertz CT molecular complexity index is 355. The van der Waals surface area contributed by atoms with Crippen LogP contribution < -0.4 is 0 Å². The maximum Gasteiger partial charge on any atom is 0.500 e. The third kappa shape index (κ3) is 5.83. The van der Waals surface area contributed by atoms with E-state index in [-0.39, 0.29) is 6.10 Å². The molecule has 0 radical (unpaired) electrons. The first kappa shape index (κ1) is 20.4. The van der Waals surface area contributed by atoms with Crippen molar-refractivity contribution >= 4 is 17.6 Å². The zero-order valence-electron chi connectivity index (χ0n) is 15.2. The van der Waals surface area contributed by atoms with Gasteiger partial charge in [-0.15, -0.1) is 0 Å². The molecule has 10 heteroatoms. The van der Waals surface area contributed by atoms with E-state index in [0.717, 1.165) is 32.1 Å². The smallest absolute Gasteiger partial charge is 0.379 e. The molecule has 0 aromatic carbocycles. The zero-order chi connectivity index (χ0) is 17.5. The Hall–Kier alpha value is 0.114. The highest BCUT2D eigenvalue weighted by molar-refractivity contribution is 6.60. The summed E-state index contributed by atoms with van der Waals surface area (Å²) in [7, 11) is -0.147. The van der Waals surface area contributed by atoms with E-state index in [0.29, 0.717) is 26.4 Å². The van der Waals surface area contributed by atoms with Crippen LogP contribution in [0.2, 0.25) is 12.6 Å². The van der Waals surface area contributed by atoms with Crippen molar-refractivity contribution in [3.8, 4) is 0 Å². The molecule has 3 aliphatic rings. The van der Waals surface area contributed by atoms with E-state index in [9.17, 15) is 0 Å². The summed E-state index contributed by atoms with van der Waals surface area (Å²) in [6, 6.07) is 0.729. The van der Waals surface area contributed by atoms with Gasteiger partial charge >= 0.3 is 17.6 Å². The Labute approximate surface area is 147 Å². The molecule has 0 saturated carbocycles. The largest absolute Gasteiger partial charge is 0.500 e. The Kier molecular flexibility index (Phi) is 8.27. The first-order chi connectivity index (χ1) is 11.5. The van der Waals surface area contributed by atoms with Crippen molar-refractivity contribution in [3.63, 3.8) is 0 Å². The van der Waals surface area contributed by atoms with Crippen molar-refractivity contribution in [1.82, 2.24) is 4.90 Å². The molecular weight excluding hydrogens is 350 g/mol. The molecule has 0 aromatic rings. The van der Waals surface area contributed by atoms with Gasteiger partial charge < -0.3 is 31.3 Å². The van der Waals surface area contributed by atoms with Crippen LogP contribution in [-0.2, 0) is 31.3 Å². The molecular formula is C14H31NO7Si2. The quantitative estimate of drug-likeness (QED) is 0.425. The Morgan fingerprint density at radius 2 is 1.71 bits per heavy atom. The van der Waals surface area contributed by atoms with Gasteiger partial charge in [0, 0.05) is 60.2 Å². The maximum atomic E-state index is 6.12. The Balaban J connectivity index is 1.73. The molecule has 3 rings (SSSR count). The van der Waals surface area contributed by atoms with Gasteiger partial charge in [0.15, 0.2) is 0 Å². The molecule has 1 unspecified atom stereocenters. The van der Waals surface area contributed by atoms with Crippen LogP contribution in [0.4, 0.5) is 0 Å². The van der Waals surface area contributed by atoms with Crippen LogP contribution in [0.15, 0.2) is 0 Å². The summed E-state index contributed by atoms with van der Waals surface area (Å²) < 4.78 is 39.8. The maximum absolute atomic E-state index is 6.12. The average Bonchev–Trinajstić information content (AvgIpc) is 2.54. The highest BCUT2D eigenvalue weighted by atomic mass is 28.4. The monoisotopic (exact) mass is 381 g/mol. The molecule has 2 bridgehead atoms. The van der Waals surface area contributed by atoms with E-state index in [2.05, 4.69) is 4.90 Å². The van der Waals surface area contributed by atoms with Crippen molar-refractivity contribution in [2.75, 3.05) is 67.4 Å². The molecule has 1 atom stereocenters. The van der Waals surface area contributed by atoms with E-state index < -0.39 is 17.6 Å². The van der Waals surface area contributed by atoms with Crippen molar-refractivity contribution in [2.24, 2.45) is 0 Å². The highest BCUT2D eigenvalue weighted by Gasteiger charge is 2.42. The lowest BCUT2D eigenvalue weighted by Gasteiger charge is -2.40. The summed E-state index contributed by atoms with van der Waals surface area (Å²) in [5.74, 6) is 0. The lowest BCUT2D eigenvalue weighted by atomic mass is 10.3. The topological polar surface area (TPSA) is 67.9 Å². The predicted molar refractivity (Wildman–Crippen MR) is 91.9 cm³/mol. The van der Waals surface area contributed by atoms with Gasteiger partial charge in [0.1, 0.15) is 0 Å². The molecule has 0 aliphatic carbocycles. The Morgan fingerprint density at radius 1 is 1.08 bits per heavy atom. The normalized spacial score (nSPS) is 31.5. The van der Waals surface area contributed by atoms with Crippen LogP contribution >= 0.6 is 0 Å². The molecule has 0 N–H and O–H groups in total. The second-order valence-corrected chi connectivity index (χ2v) is 11.7. The fourth-order valence-electron chi connectivity index (χ4n) is 3.00. The Morgan fingerprint density at radius 3 is 2.29 bits per heavy atom. The van der Waals surface area contributed by atoms with E-state index in [4.69, 9.17) is 31.3 Å². The summed E-state index contributed by atoms with van der Waals surface area (Å²) in [6.07, 6.45) is 0.802.